The number of benzene rings is 1. The summed E-state index contributed by atoms with van der Waals surface area (Å²) < 4.78 is 0. The average Bonchev–Trinajstić information content (AvgIpc) is 2.59. The predicted octanol–water partition coefficient (Wildman–Crippen LogP) is 2.64. The quantitative estimate of drug-likeness (QED) is 0.833. The SMILES string of the molecule is O=C(NCCNc1ccccn1)C1SCCc2ccccc21. The molecule has 3 rings (SSSR count). The molecule has 1 amide bonds. The van der Waals surface area contributed by atoms with Gasteiger partial charge in [0, 0.05) is 19.3 Å². The lowest BCUT2D eigenvalue weighted by molar-refractivity contribution is -0.120. The maximum Gasteiger partial charge on any atom is 0.237 e. The number of nitrogens with one attached hydrogen (secondary N) is 2. The zero-order valence-electron chi connectivity index (χ0n) is 12.3. The second kappa shape index (κ2) is 7.31. The molecule has 0 radical (unpaired) electrons. The molecule has 1 aromatic carbocycles. The van der Waals surface area contributed by atoms with Gasteiger partial charge in [-0.25, -0.2) is 4.98 Å². The minimum absolute atomic E-state index is 0.0835. The molecule has 5 heteroatoms. The van der Waals surface area contributed by atoms with Crippen molar-refractivity contribution in [2.24, 2.45) is 0 Å². The lowest BCUT2D eigenvalue weighted by Crippen LogP contribution is -2.33. The Morgan fingerprint density at radius 3 is 2.91 bits per heavy atom. The number of aromatic nitrogens is 1. The Balaban J connectivity index is 1.51. The monoisotopic (exact) mass is 313 g/mol. The van der Waals surface area contributed by atoms with Crippen molar-refractivity contribution in [1.82, 2.24) is 10.3 Å². The summed E-state index contributed by atoms with van der Waals surface area (Å²) in [4.78, 5) is 16.6. The topological polar surface area (TPSA) is 54.0 Å². The van der Waals surface area contributed by atoms with E-state index in [9.17, 15) is 4.79 Å². The number of fused-ring (bicyclic) bond motifs is 1. The molecule has 1 unspecified atom stereocenters. The fraction of sp³-hybridized carbons (Fsp3) is 0.294. The van der Waals surface area contributed by atoms with E-state index in [1.165, 1.54) is 5.56 Å². The van der Waals surface area contributed by atoms with Gasteiger partial charge in [-0.05, 0) is 35.4 Å². The van der Waals surface area contributed by atoms with Crippen LogP contribution in [0.4, 0.5) is 5.82 Å². The second-order valence-corrected chi connectivity index (χ2v) is 6.35. The number of pyridine rings is 1. The lowest BCUT2D eigenvalue weighted by Gasteiger charge is -2.24. The number of carbonyl (C=O) groups is 1. The predicted molar refractivity (Wildman–Crippen MR) is 91.1 cm³/mol. The van der Waals surface area contributed by atoms with Crippen molar-refractivity contribution >= 4 is 23.5 Å². The van der Waals surface area contributed by atoms with Gasteiger partial charge in [0.25, 0.3) is 0 Å². The molecule has 4 nitrogen and oxygen atoms in total. The third-order valence-electron chi connectivity index (χ3n) is 3.63. The van der Waals surface area contributed by atoms with Gasteiger partial charge < -0.3 is 10.6 Å². The van der Waals surface area contributed by atoms with Gasteiger partial charge in [0.2, 0.25) is 5.91 Å². The number of hydrogen-bond donors (Lipinski definition) is 2. The van der Waals surface area contributed by atoms with E-state index in [1.54, 1.807) is 18.0 Å². The molecule has 2 aromatic rings. The standard InChI is InChI=1S/C17H19N3OS/c21-17(20-11-10-19-15-7-3-4-9-18-15)16-14-6-2-1-5-13(14)8-12-22-16/h1-7,9,16H,8,10-12H2,(H,18,19)(H,20,21). The highest BCUT2D eigenvalue weighted by atomic mass is 32.2. The molecule has 0 spiro atoms. The smallest absolute Gasteiger partial charge is 0.237 e. The molecule has 0 bridgehead atoms. The zero-order chi connectivity index (χ0) is 15.2. The first-order valence-electron chi connectivity index (χ1n) is 7.46. The van der Waals surface area contributed by atoms with E-state index in [1.807, 2.05) is 30.3 Å². The van der Waals surface area contributed by atoms with Crippen LogP contribution in [0.1, 0.15) is 16.4 Å². The largest absolute Gasteiger partial charge is 0.368 e. The molecule has 1 atom stereocenters. The number of hydrogen-bond acceptors (Lipinski definition) is 4. The number of rotatable bonds is 5. The van der Waals surface area contributed by atoms with E-state index in [0.29, 0.717) is 13.1 Å². The van der Waals surface area contributed by atoms with Crippen molar-refractivity contribution in [3.63, 3.8) is 0 Å². The number of carbonyl (C=O) groups excluding carboxylic acids is 1. The van der Waals surface area contributed by atoms with Crippen molar-refractivity contribution in [2.75, 3.05) is 24.2 Å². The summed E-state index contributed by atoms with van der Waals surface area (Å²) in [6, 6.07) is 14.0. The van der Waals surface area contributed by atoms with Crippen LogP contribution in [0.15, 0.2) is 48.7 Å². The average molecular weight is 313 g/mol. The molecule has 1 aliphatic rings. The summed E-state index contributed by atoms with van der Waals surface area (Å²) in [5.41, 5.74) is 2.46. The molecular formula is C17H19N3OS. The maximum atomic E-state index is 12.4. The van der Waals surface area contributed by atoms with Gasteiger partial charge >= 0.3 is 0 Å². The van der Waals surface area contributed by atoms with Crippen LogP contribution in [0, 0.1) is 0 Å². The van der Waals surface area contributed by atoms with E-state index in [0.717, 1.165) is 23.6 Å². The van der Waals surface area contributed by atoms with Crippen LogP contribution in [0.25, 0.3) is 0 Å². The molecule has 1 aromatic heterocycles. The highest BCUT2D eigenvalue weighted by Gasteiger charge is 2.26. The normalized spacial score (nSPS) is 16.6. The highest BCUT2D eigenvalue weighted by Crippen LogP contribution is 2.36. The first-order valence-corrected chi connectivity index (χ1v) is 8.51. The van der Waals surface area contributed by atoms with Gasteiger partial charge in [-0.1, -0.05) is 30.3 Å². The van der Waals surface area contributed by atoms with Gasteiger partial charge in [-0.15, -0.1) is 11.8 Å². The van der Waals surface area contributed by atoms with Gasteiger partial charge in [0.15, 0.2) is 0 Å². The Hall–Kier alpha value is -2.01. The third kappa shape index (κ3) is 3.60. The molecule has 2 N–H and O–H groups in total. The summed E-state index contributed by atoms with van der Waals surface area (Å²) in [6.07, 6.45) is 2.79. The fourth-order valence-electron chi connectivity index (χ4n) is 2.55. The summed E-state index contributed by atoms with van der Waals surface area (Å²) >= 11 is 1.72. The molecular weight excluding hydrogens is 294 g/mol. The molecule has 114 valence electrons. The van der Waals surface area contributed by atoms with E-state index in [-0.39, 0.29) is 11.2 Å². The molecule has 2 heterocycles. The van der Waals surface area contributed by atoms with Gasteiger partial charge in [0.1, 0.15) is 11.1 Å². The number of anilines is 1. The minimum atomic E-state index is -0.0835. The Morgan fingerprint density at radius 1 is 1.18 bits per heavy atom. The molecule has 22 heavy (non-hydrogen) atoms. The summed E-state index contributed by atoms with van der Waals surface area (Å²) in [7, 11) is 0. The van der Waals surface area contributed by atoms with Crippen LogP contribution in [0.2, 0.25) is 0 Å². The van der Waals surface area contributed by atoms with E-state index >= 15 is 0 Å². The molecule has 1 aliphatic heterocycles. The van der Waals surface area contributed by atoms with Crippen molar-refractivity contribution in [2.45, 2.75) is 11.7 Å². The van der Waals surface area contributed by atoms with E-state index in [2.05, 4.69) is 27.8 Å². The summed E-state index contributed by atoms with van der Waals surface area (Å²) in [5, 5.41) is 6.12. The van der Waals surface area contributed by atoms with Crippen molar-refractivity contribution in [3.8, 4) is 0 Å². The Labute approximate surface area is 134 Å². The Bertz CT molecular complexity index is 633. The maximum absolute atomic E-state index is 12.4. The van der Waals surface area contributed by atoms with E-state index in [4.69, 9.17) is 0 Å². The zero-order valence-corrected chi connectivity index (χ0v) is 13.1. The van der Waals surface area contributed by atoms with Crippen LogP contribution in [0.3, 0.4) is 0 Å². The summed E-state index contributed by atoms with van der Waals surface area (Å²) in [5.74, 6) is 1.93. The first-order chi connectivity index (χ1) is 10.8. The third-order valence-corrected chi connectivity index (χ3v) is 4.87. The van der Waals surface area contributed by atoms with E-state index < -0.39 is 0 Å². The molecule has 0 saturated carbocycles. The molecule has 0 saturated heterocycles. The lowest BCUT2D eigenvalue weighted by atomic mass is 10.0. The van der Waals surface area contributed by atoms with Crippen LogP contribution in [0.5, 0.6) is 0 Å². The van der Waals surface area contributed by atoms with Gasteiger partial charge in [0.05, 0.1) is 0 Å². The fourth-order valence-corrected chi connectivity index (χ4v) is 3.77. The Morgan fingerprint density at radius 2 is 2.05 bits per heavy atom. The second-order valence-electron chi connectivity index (χ2n) is 5.13. The van der Waals surface area contributed by atoms with Crippen LogP contribution >= 0.6 is 11.8 Å². The van der Waals surface area contributed by atoms with Crippen LogP contribution in [-0.4, -0.2) is 29.7 Å². The first kappa shape index (κ1) is 14.9. The number of amides is 1. The van der Waals surface area contributed by atoms with Gasteiger partial charge in [-0.3, -0.25) is 4.79 Å². The van der Waals surface area contributed by atoms with Crippen molar-refractivity contribution in [3.05, 3.63) is 59.8 Å². The minimum Gasteiger partial charge on any atom is -0.368 e. The van der Waals surface area contributed by atoms with Crippen molar-refractivity contribution in [1.29, 1.82) is 0 Å². The number of aryl methyl sites for hydroxylation is 1. The van der Waals surface area contributed by atoms with Gasteiger partial charge in [-0.2, -0.15) is 0 Å². The number of nitrogens with zero attached hydrogens (tertiary/aromatic N) is 1. The molecule has 0 aliphatic carbocycles. The summed E-state index contributed by atoms with van der Waals surface area (Å²) in [6.45, 7) is 1.26. The highest BCUT2D eigenvalue weighted by molar-refractivity contribution is 8.00. The van der Waals surface area contributed by atoms with Crippen LogP contribution in [-0.2, 0) is 11.2 Å². The Kier molecular flexibility index (Phi) is 4.96. The number of thioether (sulfide) groups is 1. The molecule has 0 fully saturated rings. The van der Waals surface area contributed by atoms with Crippen molar-refractivity contribution < 1.29 is 4.79 Å². The van der Waals surface area contributed by atoms with Crippen LogP contribution < -0.4 is 10.6 Å².